The van der Waals surface area contributed by atoms with Crippen LogP contribution in [-0.4, -0.2) is 16.8 Å². The lowest BCUT2D eigenvalue weighted by Gasteiger charge is -2.02. The first-order valence-corrected chi connectivity index (χ1v) is 8.96. The number of hydrogen-bond acceptors (Lipinski definition) is 4. The van der Waals surface area contributed by atoms with Gasteiger partial charge in [-0.1, -0.05) is 24.3 Å². The monoisotopic (exact) mass is 381 g/mol. The van der Waals surface area contributed by atoms with E-state index in [1.165, 1.54) is 36.5 Å². The lowest BCUT2D eigenvalue weighted by atomic mass is 10.1. The second-order valence-corrected chi connectivity index (χ2v) is 6.53. The summed E-state index contributed by atoms with van der Waals surface area (Å²) >= 11 is 1.31. The highest BCUT2D eigenvalue weighted by atomic mass is 32.1. The first kappa shape index (κ1) is 18.5. The van der Waals surface area contributed by atoms with E-state index in [1.54, 1.807) is 30.3 Å². The lowest BCUT2D eigenvalue weighted by Crippen LogP contribution is -2.07. The number of aromatic nitrogens is 1. The number of thiazole rings is 1. The van der Waals surface area contributed by atoms with Gasteiger partial charge in [-0.05, 0) is 35.9 Å². The molecule has 0 atom stereocenters. The molecule has 3 rings (SSSR count). The summed E-state index contributed by atoms with van der Waals surface area (Å²) in [6.45, 7) is 1.45. The minimum atomic E-state index is -0.322. The maximum absolute atomic E-state index is 12.9. The molecule has 5 nitrogen and oxygen atoms in total. The summed E-state index contributed by atoms with van der Waals surface area (Å²) in [5.41, 5.74) is 3.04. The van der Waals surface area contributed by atoms with Crippen LogP contribution in [0.2, 0.25) is 0 Å². The summed E-state index contributed by atoms with van der Waals surface area (Å²) < 4.78 is 12.9. The zero-order valence-corrected chi connectivity index (χ0v) is 15.2. The quantitative estimate of drug-likeness (QED) is 0.637. The Balaban J connectivity index is 1.62. The highest BCUT2D eigenvalue weighted by Gasteiger charge is 2.07. The van der Waals surface area contributed by atoms with Crippen molar-refractivity contribution >= 4 is 40.0 Å². The van der Waals surface area contributed by atoms with Gasteiger partial charge in [0.05, 0.1) is 5.69 Å². The van der Waals surface area contributed by atoms with Gasteiger partial charge in [-0.2, -0.15) is 0 Å². The summed E-state index contributed by atoms with van der Waals surface area (Å²) in [5, 5.41) is 7.72. The third-order valence-corrected chi connectivity index (χ3v) is 4.29. The molecule has 0 saturated heterocycles. The zero-order valence-electron chi connectivity index (χ0n) is 14.4. The molecule has 7 heteroatoms. The van der Waals surface area contributed by atoms with Crippen molar-refractivity contribution in [1.29, 1.82) is 0 Å². The number of carbonyl (C=O) groups is 2. The number of rotatable bonds is 5. The molecular weight excluding hydrogens is 365 g/mol. The number of nitrogens with one attached hydrogen (secondary N) is 2. The second-order valence-electron chi connectivity index (χ2n) is 5.67. The molecule has 2 aromatic carbocycles. The second kappa shape index (κ2) is 8.37. The lowest BCUT2D eigenvalue weighted by molar-refractivity contribution is -0.114. The summed E-state index contributed by atoms with van der Waals surface area (Å²) in [6.07, 6.45) is 2.97. The van der Waals surface area contributed by atoms with Gasteiger partial charge in [0.2, 0.25) is 11.8 Å². The standard InChI is InChI=1S/C20H16FN3O2S/c1-13(25)22-17-9-5-15(6-10-17)18-12-27-20(23-18)24-19(26)11-4-14-2-7-16(21)8-3-14/h2-12H,1H3,(H,22,25)(H,23,24,26)/b11-4+. The van der Waals surface area contributed by atoms with Crippen LogP contribution >= 0.6 is 11.3 Å². The molecule has 0 radical (unpaired) electrons. The minimum Gasteiger partial charge on any atom is -0.326 e. The normalized spacial score (nSPS) is 10.7. The van der Waals surface area contributed by atoms with E-state index >= 15 is 0 Å². The first-order valence-electron chi connectivity index (χ1n) is 8.08. The van der Waals surface area contributed by atoms with Crippen molar-refractivity contribution in [2.45, 2.75) is 6.92 Å². The van der Waals surface area contributed by atoms with Crippen molar-refractivity contribution in [1.82, 2.24) is 4.98 Å². The average Bonchev–Trinajstić information content (AvgIpc) is 3.10. The third kappa shape index (κ3) is 5.32. The van der Waals surface area contributed by atoms with Crippen LogP contribution < -0.4 is 10.6 Å². The maximum atomic E-state index is 12.9. The fourth-order valence-corrected chi connectivity index (χ4v) is 3.01. The van der Waals surface area contributed by atoms with Gasteiger partial charge in [0.15, 0.2) is 5.13 Å². The molecule has 0 aliphatic rings. The molecule has 2 amide bonds. The van der Waals surface area contributed by atoms with Gasteiger partial charge in [0, 0.05) is 29.6 Å². The summed E-state index contributed by atoms with van der Waals surface area (Å²) in [5.74, 6) is -0.770. The van der Waals surface area contributed by atoms with Crippen LogP contribution in [0.25, 0.3) is 17.3 Å². The Morgan fingerprint density at radius 1 is 1.04 bits per heavy atom. The van der Waals surface area contributed by atoms with E-state index in [0.717, 1.165) is 16.8 Å². The van der Waals surface area contributed by atoms with Crippen molar-refractivity contribution in [3.63, 3.8) is 0 Å². The van der Waals surface area contributed by atoms with Crippen molar-refractivity contribution in [3.05, 3.63) is 71.4 Å². The Bertz CT molecular complexity index is 979. The number of carbonyl (C=O) groups excluding carboxylic acids is 2. The van der Waals surface area contributed by atoms with Crippen LogP contribution in [0.15, 0.2) is 60.0 Å². The Hall–Kier alpha value is -3.32. The van der Waals surface area contributed by atoms with E-state index in [0.29, 0.717) is 10.8 Å². The highest BCUT2D eigenvalue weighted by Crippen LogP contribution is 2.26. The number of halogens is 1. The van der Waals surface area contributed by atoms with Gasteiger partial charge < -0.3 is 5.32 Å². The molecule has 0 aliphatic carbocycles. The van der Waals surface area contributed by atoms with E-state index in [1.807, 2.05) is 17.5 Å². The Morgan fingerprint density at radius 2 is 1.74 bits per heavy atom. The van der Waals surface area contributed by atoms with Crippen LogP contribution in [-0.2, 0) is 9.59 Å². The number of anilines is 2. The number of hydrogen-bond donors (Lipinski definition) is 2. The van der Waals surface area contributed by atoms with Gasteiger partial charge in [0.25, 0.3) is 0 Å². The van der Waals surface area contributed by atoms with Crippen LogP contribution in [0.4, 0.5) is 15.2 Å². The van der Waals surface area contributed by atoms with Gasteiger partial charge in [-0.3, -0.25) is 14.9 Å². The highest BCUT2D eigenvalue weighted by molar-refractivity contribution is 7.14. The van der Waals surface area contributed by atoms with E-state index in [-0.39, 0.29) is 17.6 Å². The zero-order chi connectivity index (χ0) is 19.2. The molecule has 27 heavy (non-hydrogen) atoms. The first-order chi connectivity index (χ1) is 13.0. The Kier molecular flexibility index (Phi) is 5.73. The molecule has 136 valence electrons. The van der Waals surface area contributed by atoms with E-state index in [2.05, 4.69) is 15.6 Å². The predicted octanol–water partition coefficient (Wildman–Crippen LogP) is 4.56. The topological polar surface area (TPSA) is 71.1 Å². The van der Waals surface area contributed by atoms with Crippen LogP contribution in [0, 0.1) is 5.82 Å². The molecule has 0 fully saturated rings. The molecule has 1 aromatic heterocycles. The molecule has 2 N–H and O–H groups in total. The Labute approximate surface area is 159 Å². The molecule has 0 unspecified atom stereocenters. The third-order valence-electron chi connectivity index (χ3n) is 3.53. The van der Waals surface area contributed by atoms with Crippen molar-refractivity contribution in [2.24, 2.45) is 0 Å². The minimum absolute atomic E-state index is 0.130. The summed E-state index contributed by atoms with van der Waals surface area (Å²) in [7, 11) is 0. The van der Waals surface area contributed by atoms with Crippen LogP contribution in [0.3, 0.4) is 0 Å². The van der Waals surface area contributed by atoms with Crippen LogP contribution in [0.1, 0.15) is 12.5 Å². The number of benzene rings is 2. The van der Waals surface area contributed by atoms with Gasteiger partial charge >= 0.3 is 0 Å². The molecular formula is C20H16FN3O2S. The molecule has 0 saturated carbocycles. The smallest absolute Gasteiger partial charge is 0.250 e. The van der Waals surface area contributed by atoms with Gasteiger partial charge in [-0.25, -0.2) is 9.37 Å². The Morgan fingerprint density at radius 3 is 2.41 bits per heavy atom. The summed E-state index contributed by atoms with van der Waals surface area (Å²) in [6, 6.07) is 13.1. The van der Waals surface area contributed by atoms with E-state index < -0.39 is 0 Å². The largest absolute Gasteiger partial charge is 0.326 e. The SMILES string of the molecule is CC(=O)Nc1ccc(-c2csc(NC(=O)/C=C/c3ccc(F)cc3)n2)cc1. The predicted molar refractivity (Wildman–Crippen MR) is 106 cm³/mol. The van der Waals surface area contributed by atoms with Crippen LogP contribution in [0.5, 0.6) is 0 Å². The van der Waals surface area contributed by atoms with E-state index in [4.69, 9.17) is 0 Å². The van der Waals surface area contributed by atoms with Gasteiger partial charge in [0.1, 0.15) is 5.82 Å². The molecule has 0 spiro atoms. The van der Waals surface area contributed by atoms with E-state index in [9.17, 15) is 14.0 Å². The summed E-state index contributed by atoms with van der Waals surface area (Å²) in [4.78, 5) is 27.4. The van der Waals surface area contributed by atoms with Crippen molar-refractivity contribution in [2.75, 3.05) is 10.6 Å². The fourth-order valence-electron chi connectivity index (χ4n) is 2.28. The molecule has 0 bridgehead atoms. The average molecular weight is 381 g/mol. The molecule has 1 heterocycles. The molecule has 3 aromatic rings. The van der Waals surface area contributed by atoms with Crippen molar-refractivity contribution < 1.29 is 14.0 Å². The number of amides is 2. The maximum Gasteiger partial charge on any atom is 0.250 e. The number of nitrogens with zero attached hydrogens (tertiary/aromatic N) is 1. The molecule has 0 aliphatic heterocycles. The van der Waals surface area contributed by atoms with Gasteiger partial charge in [-0.15, -0.1) is 11.3 Å². The van der Waals surface area contributed by atoms with Crippen molar-refractivity contribution in [3.8, 4) is 11.3 Å². The fraction of sp³-hybridized carbons (Fsp3) is 0.0500.